The molecule has 1 rings (SSSR count). The molecular formula is C12H16N2O3. The minimum Gasteiger partial charge on any atom is -0.481 e. The molecule has 17 heavy (non-hydrogen) atoms. The van der Waals surface area contributed by atoms with Gasteiger partial charge in [0.05, 0.1) is 6.42 Å². The number of carboxylic acid groups (broad SMARTS) is 1. The molecule has 0 aliphatic carbocycles. The quantitative estimate of drug-likeness (QED) is 0.808. The van der Waals surface area contributed by atoms with Crippen molar-refractivity contribution in [2.24, 2.45) is 0 Å². The first-order valence-corrected chi connectivity index (χ1v) is 5.52. The Hall–Kier alpha value is -1.91. The van der Waals surface area contributed by atoms with Crippen LogP contribution in [-0.4, -0.2) is 33.4 Å². The normalized spacial score (nSPS) is 9.94. The number of hydrogen-bond acceptors (Lipinski definition) is 3. The maximum atomic E-state index is 11.7. The van der Waals surface area contributed by atoms with Crippen LogP contribution in [0.2, 0.25) is 0 Å². The number of hydrogen-bond donors (Lipinski definition) is 1. The molecule has 1 N–H and O–H groups in total. The van der Waals surface area contributed by atoms with Gasteiger partial charge in [0.1, 0.15) is 0 Å². The molecule has 1 aromatic heterocycles. The van der Waals surface area contributed by atoms with Crippen LogP contribution in [0.25, 0.3) is 0 Å². The van der Waals surface area contributed by atoms with Gasteiger partial charge in [0, 0.05) is 31.9 Å². The van der Waals surface area contributed by atoms with Crippen molar-refractivity contribution in [1.29, 1.82) is 0 Å². The summed E-state index contributed by atoms with van der Waals surface area (Å²) < 4.78 is 0. The van der Waals surface area contributed by atoms with Crippen LogP contribution in [0.5, 0.6) is 0 Å². The first-order valence-electron chi connectivity index (χ1n) is 5.52. The summed E-state index contributed by atoms with van der Waals surface area (Å²) in [4.78, 5) is 27.7. The fourth-order valence-electron chi connectivity index (χ4n) is 1.46. The Morgan fingerprint density at radius 1 is 1.29 bits per heavy atom. The highest BCUT2D eigenvalue weighted by Gasteiger charge is 2.13. The molecule has 0 saturated heterocycles. The SMILES string of the molecule is CCN(Cc1ccncc1)C(=O)CCC(=O)O. The number of nitrogens with zero attached hydrogens (tertiary/aromatic N) is 2. The Morgan fingerprint density at radius 2 is 1.94 bits per heavy atom. The fourth-order valence-corrected chi connectivity index (χ4v) is 1.46. The van der Waals surface area contributed by atoms with E-state index in [2.05, 4.69) is 4.98 Å². The number of rotatable bonds is 6. The molecule has 0 aliphatic rings. The minimum atomic E-state index is -0.946. The number of carbonyl (C=O) groups excluding carboxylic acids is 1. The van der Waals surface area contributed by atoms with E-state index >= 15 is 0 Å². The van der Waals surface area contributed by atoms with Gasteiger partial charge < -0.3 is 10.0 Å². The van der Waals surface area contributed by atoms with Gasteiger partial charge in [0.2, 0.25) is 5.91 Å². The summed E-state index contributed by atoms with van der Waals surface area (Å²) in [6.07, 6.45) is 3.27. The summed E-state index contributed by atoms with van der Waals surface area (Å²) in [6.45, 7) is 2.94. The topological polar surface area (TPSA) is 70.5 Å². The van der Waals surface area contributed by atoms with Crippen LogP contribution in [-0.2, 0) is 16.1 Å². The predicted octanol–water partition coefficient (Wildman–Crippen LogP) is 1.29. The highest BCUT2D eigenvalue weighted by atomic mass is 16.4. The molecule has 0 aliphatic heterocycles. The summed E-state index contributed by atoms with van der Waals surface area (Å²) in [7, 11) is 0. The van der Waals surface area contributed by atoms with Crippen LogP contribution >= 0.6 is 0 Å². The number of aromatic nitrogens is 1. The summed E-state index contributed by atoms with van der Waals surface area (Å²) in [6, 6.07) is 3.68. The van der Waals surface area contributed by atoms with Crippen LogP contribution < -0.4 is 0 Å². The number of carbonyl (C=O) groups is 2. The molecule has 92 valence electrons. The first-order chi connectivity index (χ1) is 8.13. The Labute approximate surface area is 100 Å². The lowest BCUT2D eigenvalue weighted by Crippen LogP contribution is -2.30. The molecule has 0 saturated carbocycles. The van der Waals surface area contributed by atoms with E-state index in [4.69, 9.17) is 5.11 Å². The molecule has 1 heterocycles. The van der Waals surface area contributed by atoms with Crippen molar-refractivity contribution in [2.75, 3.05) is 6.54 Å². The van der Waals surface area contributed by atoms with E-state index in [1.165, 1.54) is 0 Å². The van der Waals surface area contributed by atoms with Gasteiger partial charge in [-0.05, 0) is 24.6 Å². The van der Waals surface area contributed by atoms with Crippen LogP contribution in [0.15, 0.2) is 24.5 Å². The molecule has 0 bridgehead atoms. The van der Waals surface area contributed by atoms with E-state index in [1.807, 2.05) is 19.1 Å². The zero-order valence-corrected chi connectivity index (χ0v) is 9.80. The number of pyridine rings is 1. The van der Waals surface area contributed by atoms with Crippen LogP contribution in [0.3, 0.4) is 0 Å². The van der Waals surface area contributed by atoms with Crippen LogP contribution in [0.1, 0.15) is 25.3 Å². The van der Waals surface area contributed by atoms with E-state index in [1.54, 1.807) is 17.3 Å². The zero-order valence-electron chi connectivity index (χ0n) is 9.80. The molecule has 0 unspecified atom stereocenters. The van der Waals surface area contributed by atoms with Gasteiger partial charge in [-0.3, -0.25) is 14.6 Å². The second kappa shape index (κ2) is 6.62. The van der Waals surface area contributed by atoms with Gasteiger partial charge in [-0.2, -0.15) is 0 Å². The van der Waals surface area contributed by atoms with Gasteiger partial charge in [-0.15, -0.1) is 0 Å². The molecule has 0 aromatic carbocycles. The smallest absolute Gasteiger partial charge is 0.303 e. The largest absolute Gasteiger partial charge is 0.481 e. The average molecular weight is 236 g/mol. The summed E-state index contributed by atoms with van der Waals surface area (Å²) in [5.41, 5.74) is 0.991. The van der Waals surface area contributed by atoms with Crippen molar-refractivity contribution in [1.82, 2.24) is 9.88 Å². The molecular weight excluding hydrogens is 220 g/mol. The minimum absolute atomic E-state index is 0.0499. The van der Waals surface area contributed by atoms with Crippen molar-refractivity contribution in [2.45, 2.75) is 26.3 Å². The molecule has 1 aromatic rings. The summed E-state index contributed by atoms with van der Waals surface area (Å²) in [5, 5.41) is 8.53. The van der Waals surface area contributed by atoms with Crippen molar-refractivity contribution in [3.63, 3.8) is 0 Å². The van der Waals surface area contributed by atoms with Gasteiger partial charge in [-0.25, -0.2) is 0 Å². The molecule has 0 atom stereocenters. The molecule has 0 radical (unpaired) electrons. The lowest BCUT2D eigenvalue weighted by Gasteiger charge is -2.20. The lowest BCUT2D eigenvalue weighted by atomic mass is 10.2. The standard InChI is InChI=1S/C12H16N2O3/c1-2-14(11(15)3-4-12(16)17)9-10-5-7-13-8-6-10/h5-8H,2-4,9H2,1H3,(H,16,17). The third-order valence-electron chi connectivity index (χ3n) is 2.41. The second-order valence-corrected chi connectivity index (χ2v) is 3.66. The number of carboxylic acids is 1. The van der Waals surface area contributed by atoms with Crippen LogP contribution in [0, 0.1) is 0 Å². The third-order valence-corrected chi connectivity index (χ3v) is 2.41. The van der Waals surface area contributed by atoms with E-state index in [0.29, 0.717) is 13.1 Å². The average Bonchev–Trinajstić information content (AvgIpc) is 2.34. The van der Waals surface area contributed by atoms with E-state index in [-0.39, 0.29) is 18.7 Å². The second-order valence-electron chi connectivity index (χ2n) is 3.66. The first kappa shape index (κ1) is 13.2. The van der Waals surface area contributed by atoms with E-state index in [0.717, 1.165) is 5.56 Å². The lowest BCUT2D eigenvalue weighted by molar-refractivity contribution is -0.141. The number of amides is 1. The summed E-state index contributed by atoms with van der Waals surface area (Å²) >= 11 is 0. The Kier molecular flexibility index (Phi) is 5.13. The highest BCUT2D eigenvalue weighted by molar-refractivity contribution is 5.80. The van der Waals surface area contributed by atoms with Gasteiger partial charge in [0.25, 0.3) is 0 Å². The van der Waals surface area contributed by atoms with Gasteiger partial charge in [0.15, 0.2) is 0 Å². The van der Waals surface area contributed by atoms with Crippen molar-refractivity contribution in [3.05, 3.63) is 30.1 Å². The van der Waals surface area contributed by atoms with Crippen molar-refractivity contribution >= 4 is 11.9 Å². The fraction of sp³-hybridized carbons (Fsp3) is 0.417. The Balaban J connectivity index is 2.53. The number of aliphatic carboxylic acids is 1. The van der Waals surface area contributed by atoms with Gasteiger partial charge in [-0.1, -0.05) is 0 Å². The molecule has 0 fully saturated rings. The summed E-state index contributed by atoms with van der Waals surface area (Å²) in [5.74, 6) is -1.08. The molecule has 5 nitrogen and oxygen atoms in total. The molecule has 0 spiro atoms. The zero-order chi connectivity index (χ0) is 12.7. The van der Waals surface area contributed by atoms with E-state index in [9.17, 15) is 9.59 Å². The highest BCUT2D eigenvalue weighted by Crippen LogP contribution is 2.06. The maximum Gasteiger partial charge on any atom is 0.303 e. The van der Waals surface area contributed by atoms with Crippen molar-refractivity contribution in [3.8, 4) is 0 Å². The van der Waals surface area contributed by atoms with Crippen LogP contribution in [0.4, 0.5) is 0 Å². The van der Waals surface area contributed by atoms with Crippen molar-refractivity contribution < 1.29 is 14.7 Å². The molecule has 5 heteroatoms. The maximum absolute atomic E-state index is 11.7. The molecule has 1 amide bonds. The van der Waals surface area contributed by atoms with E-state index < -0.39 is 5.97 Å². The Bertz CT molecular complexity index is 379. The Morgan fingerprint density at radius 3 is 2.47 bits per heavy atom. The predicted molar refractivity (Wildman–Crippen MR) is 62.2 cm³/mol. The monoisotopic (exact) mass is 236 g/mol. The third kappa shape index (κ3) is 4.63. The van der Waals surface area contributed by atoms with Gasteiger partial charge >= 0.3 is 5.97 Å².